The highest BCUT2D eigenvalue weighted by atomic mass is 32.2. The maximum Gasteiger partial charge on any atom is 0.245 e. The van der Waals surface area contributed by atoms with Gasteiger partial charge in [-0.25, -0.2) is 8.42 Å². The molecule has 1 unspecified atom stereocenters. The largest absolute Gasteiger partial charge is 0.495 e. The SMILES string of the molecule is COc1ccc(C(C)C)cc1S(=O)(=O)NC(Cc1ccccc1)C(=O)NC1CC1. The second-order valence-corrected chi connectivity index (χ2v) is 9.39. The standard InChI is InChI=1S/C22H28N2O4S/c1-15(2)17-9-12-20(28-3)21(14-17)29(26,27)24-19(22(25)23-18-10-11-18)13-16-7-5-4-6-8-16/h4-9,12,14-15,18-19,24H,10-11,13H2,1-3H3,(H,23,25). The molecule has 0 radical (unpaired) electrons. The van der Waals surface area contributed by atoms with Gasteiger partial charge in [0.2, 0.25) is 15.9 Å². The predicted octanol–water partition coefficient (Wildman–Crippen LogP) is 2.99. The van der Waals surface area contributed by atoms with E-state index in [9.17, 15) is 13.2 Å². The van der Waals surface area contributed by atoms with Crippen LogP contribution in [-0.4, -0.2) is 33.5 Å². The zero-order chi connectivity index (χ0) is 21.0. The van der Waals surface area contributed by atoms with E-state index in [-0.39, 0.29) is 34.9 Å². The topological polar surface area (TPSA) is 84.5 Å². The maximum atomic E-state index is 13.2. The van der Waals surface area contributed by atoms with Gasteiger partial charge in [0, 0.05) is 6.04 Å². The van der Waals surface area contributed by atoms with Crippen molar-refractivity contribution in [2.45, 2.75) is 56.0 Å². The van der Waals surface area contributed by atoms with Crippen molar-refractivity contribution in [2.24, 2.45) is 0 Å². The predicted molar refractivity (Wildman–Crippen MR) is 113 cm³/mol. The van der Waals surface area contributed by atoms with E-state index < -0.39 is 16.1 Å². The van der Waals surface area contributed by atoms with Gasteiger partial charge in [-0.15, -0.1) is 0 Å². The van der Waals surface area contributed by atoms with Gasteiger partial charge in [0.1, 0.15) is 16.7 Å². The summed E-state index contributed by atoms with van der Waals surface area (Å²) in [5, 5.41) is 2.91. The summed E-state index contributed by atoms with van der Waals surface area (Å²) in [5.74, 6) is 0.106. The number of ether oxygens (including phenoxy) is 1. The van der Waals surface area contributed by atoms with Gasteiger partial charge in [-0.3, -0.25) is 4.79 Å². The van der Waals surface area contributed by atoms with Gasteiger partial charge in [0.25, 0.3) is 0 Å². The van der Waals surface area contributed by atoms with E-state index in [1.165, 1.54) is 7.11 Å². The molecule has 1 amide bonds. The summed E-state index contributed by atoms with van der Waals surface area (Å²) in [7, 11) is -2.54. The van der Waals surface area contributed by atoms with Gasteiger partial charge < -0.3 is 10.1 Å². The lowest BCUT2D eigenvalue weighted by Gasteiger charge is -2.20. The molecular formula is C22H28N2O4S. The van der Waals surface area contributed by atoms with Crippen molar-refractivity contribution in [3.63, 3.8) is 0 Å². The average Bonchev–Trinajstić information content (AvgIpc) is 3.51. The molecule has 1 aliphatic carbocycles. The van der Waals surface area contributed by atoms with Crippen LogP contribution in [0.25, 0.3) is 0 Å². The number of rotatable bonds is 9. The molecule has 2 N–H and O–H groups in total. The molecule has 1 saturated carbocycles. The highest BCUT2D eigenvalue weighted by Crippen LogP contribution is 2.28. The number of methoxy groups -OCH3 is 1. The van der Waals surface area contributed by atoms with Crippen LogP contribution in [0.2, 0.25) is 0 Å². The zero-order valence-corrected chi connectivity index (χ0v) is 17.8. The molecule has 3 rings (SSSR count). The minimum atomic E-state index is -3.97. The Hall–Kier alpha value is -2.38. The smallest absolute Gasteiger partial charge is 0.245 e. The Labute approximate surface area is 172 Å². The fourth-order valence-electron chi connectivity index (χ4n) is 3.08. The van der Waals surface area contributed by atoms with E-state index >= 15 is 0 Å². The van der Waals surface area contributed by atoms with Crippen LogP contribution in [0.4, 0.5) is 0 Å². The number of carbonyl (C=O) groups excluding carboxylic acids is 1. The third-order valence-electron chi connectivity index (χ3n) is 4.96. The summed E-state index contributed by atoms with van der Waals surface area (Å²) in [6.45, 7) is 3.99. The lowest BCUT2D eigenvalue weighted by Crippen LogP contribution is -2.48. The highest BCUT2D eigenvalue weighted by molar-refractivity contribution is 7.89. The second-order valence-electron chi connectivity index (χ2n) is 7.71. The third-order valence-corrected chi connectivity index (χ3v) is 6.46. The summed E-state index contributed by atoms with van der Waals surface area (Å²) in [5.41, 5.74) is 1.77. The van der Waals surface area contributed by atoms with Crippen molar-refractivity contribution >= 4 is 15.9 Å². The van der Waals surface area contributed by atoms with Crippen molar-refractivity contribution in [3.05, 3.63) is 59.7 Å². The Morgan fingerprint density at radius 2 is 1.83 bits per heavy atom. The molecule has 0 heterocycles. The van der Waals surface area contributed by atoms with Gasteiger partial charge in [0.15, 0.2) is 0 Å². The molecule has 1 atom stereocenters. The van der Waals surface area contributed by atoms with Gasteiger partial charge in [-0.1, -0.05) is 50.2 Å². The van der Waals surface area contributed by atoms with Gasteiger partial charge >= 0.3 is 0 Å². The molecule has 6 nitrogen and oxygen atoms in total. The normalized spacial score (nSPS) is 15.2. The second kappa shape index (κ2) is 8.97. The van der Waals surface area contributed by atoms with Crippen LogP contribution in [0.15, 0.2) is 53.4 Å². The lowest BCUT2D eigenvalue weighted by atomic mass is 10.0. The molecular weight excluding hydrogens is 388 g/mol. The molecule has 0 bridgehead atoms. The van der Waals surface area contributed by atoms with Crippen molar-refractivity contribution in [3.8, 4) is 5.75 Å². The number of amides is 1. The van der Waals surface area contributed by atoms with Crippen LogP contribution in [0.3, 0.4) is 0 Å². The van der Waals surface area contributed by atoms with Gasteiger partial charge in [0.05, 0.1) is 7.11 Å². The number of hydrogen-bond acceptors (Lipinski definition) is 4. The number of carbonyl (C=O) groups is 1. The van der Waals surface area contributed by atoms with Gasteiger partial charge in [-0.2, -0.15) is 4.72 Å². The third kappa shape index (κ3) is 5.58. The molecule has 0 aliphatic heterocycles. The lowest BCUT2D eigenvalue weighted by molar-refractivity contribution is -0.122. The van der Waals surface area contributed by atoms with Crippen LogP contribution in [-0.2, 0) is 21.2 Å². The van der Waals surface area contributed by atoms with E-state index in [4.69, 9.17) is 4.74 Å². The molecule has 29 heavy (non-hydrogen) atoms. The van der Waals surface area contributed by atoms with Gasteiger partial charge in [-0.05, 0) is 48.4 Å². The average molecular weight is 417 g/mol. The number of hydrogen-bond donors (Lipinski definition) is 2. The first-order valence-electron chi connectivity index (χ1n) is 9.84. The Kier molecular flexibility index (Phi) is 6.59. The van der Waals surface area contributed by atoms with E-state index in [0.29, 0.717) is 0 Å². The Morgan fingerprint density at radius 3 is 2.41 bits per heavy atom. The summed E-state index contributed by atoms with van der Waals surface area (Å²) in [6.07, 6.45) is 2.13. The van der Waals surface area contributed by atoms with Crippen molar-refractivity contribution in [1.29, 1.82) is 0 Å². The van der Waals surface area contributed by atoms with Crippen LogP contribution >= 0.6 is 0 Å². The molecule has 2 aromatic carbocycles. The summed E-state index contributed by atoms with van der Waals surface area (Å²) in [4.78, 5) is 12.8. The van der Waals surface area contributed by atoms with Crippen molar-refractivity contribution in [1.82, 2.24) is 10.0 Å². The summed E-state index contributed by atoms with van der Waals surface area (Å²) >= 11 is 0. The van der Waals surface area contributed by atoms with E-state index in [2.05, 4.69) is 10.0 Å². The van der Waals surface area contributed by atoms with Crippen LogP contribution in [0, 0.1) is 0 Å². The molecule has 7 heteroatoms. The molecule has 1 aliphatic rings. The van der Waals surface area contributed by atoms with E-state index in [1.807, 2.05) is 50.2 Å². The highest BCUT2D eigenvalue weighted by Gasteiger charge is 2.32. The number of nitrogens with one attached hydrogen (secondary N) is 2. The van der Waals surface area contributed by atoms with Crippen LogP contribution in [0.1, 0.15) is 43.7 Å². The Balaban J connectivity index is 1.90. The fourth-order valence-corrected chi connectivity index (χ4v) is 4.48. The zero-order valence-electron chi connectivity index (χ0n) is 17.0. The monoisotopic (exact) mass is 416 g/mol. The van der Waals surface area contributed by atoms with E-state index in [0.717, 1.165) is 24.0 Å². The summed E-state index contributed by atoms with van der Waals surface area (Å²) < 4.78 is 34.3. The maximum absolute atomic E-state index is 13.2. The van der Waals surface area contributed by atoms with Crippen molar-refractivity contribution in [2.75, 3.05) is 7.11 Å². The Bertz CT molecular complexity index is 954. The van der Waals surface area contributed by atoms with Crippen LogP contribution in [0.5, 0.6) is 5.75 Å². The molecule has 0 spiro atoms. The minimum Gasteiger partial charge on any atom is -0.495 e. The molecule has 2 aromatic rings. The first-order valence-corrected chi connectivity index (χ1v) is 11.3. The first kappa shape index (κ1) is 21.3. The number of sulfonamides is 1. The molecule has 0 aromatic heterocycles. The number of benzene rings is 2. The molecule has 0 saturated heterocycles. The molecule has 1 fully saturated rings. The molecule has 156 valence electrons. The van der Waals surface area contributed by atoms with Crippen molar-refractivity contribution < 1.29 is 17.9 Å². The van der Waals surface area contributed by atoms with E-state index in [1.54, 1.807) is 12.1 Å². The minimum absolute atomic E-state index is 0.0449. The van der Waals surface area contributed by atoms with Crippen LogP contribution < -0.4 is 14.8 Å². The quantitative estimate of drug-likeness (QED) is 0.658. The fraction of sp³-hybridized carbons (Fsp3) is 0.409. The summed E-state index contributed by atoms with van der Waals surface area (Å²) in [6, 6.07) is 13.7. The Morgan fingerprint density at radius 1 is 1.14 bits per heavy atom. The first-order chi connectivity index (χ1) is 13.8.